The molecular weight excluding hydrogens is 302 g/mol. The molecule has 1 aromatic heterocycles. The Bertz CT molecular complexity index is 663. The standard InChI is InChI=1S/C19H25N3O2/c1-15(2)13-23-18-12-20-11-17(21-18)22-9-10-24-19(3,14-22)16-7-5-4-6-8-16/h4-8,11-12,15H,9-10,13-14H2,1-3H3. The summed E-state index contributed by atoms with van der Waals surface area (Å²) in [6.45, 7) is 9.19. The van der Waals surface area contributed by atoms with Gasteiger partial charge in [-0.2, -0.15) is 4.98 Å². The molecule has 5 heteroatoms. The maximum Gasteiger partial charge on any atom is 0.234 e. The minimum Gasteiger partial charge on any atom is -0.476 e. The van der Waals surface area contributed by atoms with Gasteiger partial charge in [-0.1, -0.05) is 44.2 Å². The predicted octanol–water partition coefficient (Wildman–Crippen LogP) is 3.26. The second-order valence-corrected chi connectivity index (χ2v) is 6.79. The van der Waals surface area contributed by atoms with Gasteiger partial charge in [0.1, 0.15) is 5.60 Å². The van der Waals surface area contributed by atoms with Crippen LogP contribution in [0.25, 0.3) is 0 Å². The molecule has 0 radical (unpaired) electrons. The third-order valence-electron chi connectivity index (χ3n) is 4.15. The smallest absolute Gasteiger partial charge is 0.234 e. The molecule has 5 nitrogen and oxygen atoms in total. The minimum absolute atomic E-state index is 0.351. The molecule has 2 heterocycles. The Balaban J connectivity index is 1.76. The summed E-state index contributed by atoms with van der Waals surface area (Å²) in [5.74, 6) is 1.87. The van der Waals surface area contributed by atoms with Crippen molar-refractivity contribution in [3.63, 3.8) is 0 Å². The van der Waals surface area contributed by atoms with Crippen molar-refractivity contribution < 1.29 is 9.47 Å². The van der Waals surface area contributed by atoms with Crippen molar-refractivity contribution in [2.75, 3.05) is 31.2 Å². The van der Waals surface area contributed by atoms with Crippen LogP contribution in [0.15, 0.2) is 42.7 Å². The summed E-state index contributed by atoms with van der Waals surface area (Å²) in [7, 11) is 0. The summed E-state index contributed by atoms with van der Waals surface area (Å²) >= 11 is 0. The van der Waals surface area contributed by atoms with E-state index in [2.05, 4.69) is 47.8 Å². The predicted molar refractivity (Wildman–Crippen MR) is 94.3 cm³/mol. The maximum atomic E-state index is 6.09. The van der Waals surface area contributed by atoms with Crippen molar-refractivity contribution in [1.29, 1.82) is 0 Å². The van der Waals surface area contributed by atoms with Crippen LogP contribution in [-0.2, 0) is 10.3 Å². The van der Waals surface area contributed by atoms with E-state index in [9.17, 15) is 0 Å². The van der Waals surface area contributed by atoms with E-state index < -0.39 is 0 Å². The molecule has 2 aromatic rings. The molecule has 3 rings (SSSR count). The molecule has 0 aliphatic carbocycles. The molecule has 128 valence electrons. The largest absolute Gasteiger partial charge is 0.476 e. The van der Waals surface area contributed by atoms with Crippen LogP contribution in [0.5, 0.6) is 5.88 Å². The molecule has 1 saturated heterocycles. The fourth-order valence-corrected chi connectivity index (χ4v) is 2.84. The molecule has 1 fully saturated rings. The van der Waals surface area contributed by atoms with E-state index in [4.69, 9.17) is 9.47 Å². The Morgan fingerprint density at radius 3 is 2.79 bits per heavy atom. The summed E-state index contributed by atoms with van der Waals surface area (Å²) in [5.41, 5.74) is 0.825. The minimum atomic E-state index is -0.351. The summed E-state index contributed by atoms with van der Waals surface area (Å²) < 4.78 is 11.8. The van der Waals surface area contributed by atoms with Crippen LogP contribution in [0.1, 0.15) is 26.3 Å². The van der Waals surface area contributed by atoms with Crippen LogP contribution in [0.3, 0.4) is 0 Å². The number of hydrogen-bond acceptors (Lipinski definition) is 5. The zero-order valence-electron chi connectivity index (χ0n) is 14.6. The zero-order valence-corrected chi connectivity index (χ0v) is 14.6. The van der Waals surface area contributed by atoms with Crippen molar-refractivity contribution in [2.45, 2.75) is 26.4 Å². The monoisotopic (exact) mass is 327 g/mol. The summed E-state index contributed by atoms with van der Waals surface area (Å²) in [6.07, 6.45) is 3.46. The lowest BCUT2D eigenvalue weighted by Crippen LogP contribution is -2.48. The topological polar surface area (TPSA) is 47.5 Å². The number of morpholine rings is 1. The average molecular weight is 327 g/mol. The summed E-state index contributed by atoms with van der Waals surface area (Å²) in [4.78, 5) is 11.1. The lowest BCUT2D eigenvalue weighted by atomic mass is 9.94. The lowest BCUT2D eigenvalue weighted by Gasteiger charge is -2.41. The molecule has 0 saturated carbocycles. The summed E-state index contributed by atoms with van der Waals surface area (Å²) in [5, 5.41) is 0. The molecule has 1 aliphatic heterocycles. The van der Waals surface area contributed by atoms with Crippen LogP contribution >= 0.6 is 0 Å². The van der Waals surface area contributed by atoms with E-state index in [0.717, 1.165) is 18.9 Å². The number of aromatic nitrogens is 2. The SMILES string of the molecule is CC(C)COc1cncc(N2CCOC(C)(c3ccccc3)C2)n1. The van der Waals surface area contributed by atoms with Crippen molar-refractivity contribution in [1.82, 2.24) is 9.97 Å². The van der Waals surface area contributed by atoms with E-state index in [1.54, 1.807) is 12.4 Å². The highest BCUT2D eigenvalue weighted by molar-refractivity contribution is 5.40. The molecule has 1 aromatic carbocycles. The number of benzene rings is 1. The lowest BCUT2D eigenvalue weighted by molar-refractivity contribution is -0.0468. The van der Waals surface area contributed by atoms with Gasteiger partial charge in [0.15, 0.2) is 5.82 Å². The number of nitrogens with zero attached hydrogens (tertiary/aromatic N) is 3. The highest BCUT2D eigenvalue weighted by Crippen LogP contribution is 2.31. The summed E-state index contributed by atoms with van der Waals surface area (Å²) in [6, 6.07) is 10.3. The van der Waals surface area contributed by atoms with Crippen molar-refractivity contribution in [3.05, 3.63) is 48.3 Å². The molecule has 1 atom stereocenters. The van der Waals surface area contributed by atoms with E-state index in [0.29, 0.717) is 25.0 Å². The average Bonchev–Trinajstić information content (AvgIpc) is 2.61. The highest BCUT2D eigenvalue weighted by atomic mass is 16.5. The van der Waals surface area contributed by atoms with E-state index in [1.807, 2.05) is 18.2 Å². The van der Waals surface area contributed by atoms with Gasteiger partial charge in [0, 0.05) is 6.54 Å². The van der Waals surface area contributed by atoms with Crippen LogP contribution in [0.2, 0.25) is 0 Å². The van der Waals surface area contributed by atoms with Crippen LogP contribution in [0, 0.1) is 5.92 Å². The molecular formula is C19H25N3O2. The van der Waals surface area contributed by atoms with Gasteiger partial charge in [0.25, 0.3) is 0 Å². The Labute approximate surface area is 143 Å². The molecule has 1 aliphatic rings. The number of anilines is 1. The van der Waals surface area contributed by atoms with Crippen molar-refractivity contribution in [2.24, 2.45) is 5.92 Å². The molecule has 0 amide bonds. The Morgan fingerprint density at radius 1 is 1.25 bits per heavy atom. The maximum absolute atomic E-state index is 6.09. The molecule has 0 bridgehead atoms. The van der Waals surface area contributed by atoms with Crippen LogP contribution < -0.4 is 9.64 Å². The van der Waals surface area contributed by atoms with Gasteiger partial charge in [-0.3, -0.25) is 4.98 Å². The quantitative estimate of drug-likeness (QED) is 0.843. The number of rotatable bonds is 5. The first-order valence-corrected chi connectivity index (χ1v) is 8.46. The van der Waals surface area contributed by atoms with Gasteiger partial charge < -0.3 is 14.4 Å². The number of hydrogen-bond donors (Lipinski definition) is 0. The second kappa shape index (κ2) is 7.18. The molecule has 24 heavy (non-hydrogen) atoms. The fourth-order valence-electron chi connectivity index (χ4n) is 2.84. The first-order chi connectivity index (χ1) is 11.6. The zero-order chi connectivity index (χ0) is 17.0. The number of ether oxygens (including phenoxy) is 2. The van der Waals surface area contributed by atoms with Gasteiger partial charge in [0.05, 0.1) is 32.2 Å². The van der Waals surface area contributed by atoms with E-state index >= 15 is 0 Å². The first-order valence-electron chi connectivity index (χ1n) is 8.46. The van der Waals surface area contributed by atoms with Crippen LogP contribution in [-0.4, -0.2) is 36.3 Å². The highest BCUT2D eigenvalue weighted by Gasteiger charge is 2.34. The van der Waals surface area contributed by atoms with Crippen LogP contribution in [0.4, 0.5) is 5.82 Å². The molecule has 0 N–H and O–H groups in total. The third kappa shape index (κ3) is 3.85. The van der Waals surface area contributed by atoms with Gasteiger partial charge in [-0.05, 0) is 18.4 Å². The third-order valence-corrected chi connectivity index (χ3v) is 4.15. The first kappa shape index (κ1) is 16.7. The van der Waals surface area contributed by atoms with Crippen molar-refractivity contribution in [3.8, 4) is 5.88 Å². The van der Waals surface area contributed by atoms with E-state index in [1.165, 1.54) is 5.56 Å². The Morgan fingerprint density at radius 2 is 2.04 bits per heavy atom. The van der Waals surface area contributed by atoms with E-state index in [-0.39, 0.29) is 5.60 Å². The Hall–Kier alpha value is -2.14. The van der Waals surface area contributed by atoms with Gasteiger partial charge in [-0.15, -0.1) is 0 Å². The molecule has 1 unspecified atom stereocenters. The normalized spacial score (nSPS) is 21.1. The molecule has 0 spiro atoms. The van der Waals surface area contributed by atoms with Gasteiger partial charge >= 0.3 is 0 Å². The second-order valence-electron chi connectivity index (χ2n) is 6.79. The van der Waals surface area contributed by atoms with Gasteiger partial charge in [0.2, 0.25) is 5.88 Å². The Kier molecular flexibility index (Phi) is 5.00. The fraction of sp³-hybridized carbons (Fsp3) is 0.474. The van der Waals surface area contributed by atoms with Gasteiger partial charge in [-0.25, -0.2) is 0 Å². The van der Waals surface area contributed by atoms with Crippen molar-refractivity contribution >= 4 is 5.82 Å².